The van der Waals surface area contributed by atoms with Crippen LogP contribution in [0.15, 0.2) is 0 Å². The third-order valence-corrected chi connectivity index (χ3v) is 3.36. The number of nitrogens with zero attached hydrogens (tertiary/aromatic N) is 1. The summed E-state index contributed by atoms with van der Waals surface area (Å²) in [5.74, 6) is -0.441. The fraction of sp³-hybridized carbons (Fsp3) is 0.900. The third kappa shape index (κ3) is 2.66. The van der Waals surface area contributed by atoms with Crippen molar-refractivity contribution < 1.29 is 18.0 Å². The monoisotopic (exact) mass is 236 g/mol. The first-order valence-corrected chi connectivity index (χ1v) is 5.53. The number of nitrogens with one attached hydrogen (secondary N) is 1. The largest absolute Gasteiger partial charge is 0.397 e. The van der Waals surface area contributed by atoms with Crippen molar-refractivity contribution in [3.05, 3.63) is 0 Å². The Bertz CT molecular complexity index is 280. The van der Waals surface area contributed by atoms with Crippen molar-refractivity contribution >= 4 is 5.91 Å². The first-order chi connectivity index (χ1) is 7.46. The van der Waals surface area contributed by atoms with Crippen molar-refractivity contribution in [3.8, 4) is 0 Å². The molecule has 0 radical (unpaired) electrons. The minimum absolute atomic E-state index is 0.339. The van der Waals surface area contributed by atoms with Crippen LogP contribution in [0, 0.1) is 5.92 Å². The van der Waals surface area contributed by atoms with Gasteiger partial charge in [0.15, 0.2) is 0 Å². The summed E-state index contributed by atoms with van der Waals surface area (Å²) in [6, 6.07) is 0.398. The van der Waals surface area contributed by atoms with Crippen LogP contribution in [0.2, 0.25) is 0 Å². The molecule has 2 aliphatic heterocycles. The number of rotatable bonds is 1. The van der Waals surface area contributed by atoms with Gasteiger partial charge in [0.05, 0.1) is 0 Å². The highest BCUT2D eigenvalue weighted by molar-refractivity contribution is 5.77. The zero-order valence-corrected chi connectivity index (χ0v) is 8.89. The molecule has 2 heterocycles. The molecule has 2 fully saturated rings. The molecule has 2 atom stereocenters. The predicted molar refractivity (Wildman–Crippen MR) is 51.8 cm³/mol. The number of carbonyl (C=O) groups excluding carboxylic acids is 1. The van der Waals surface area contributed by atoms with E-state index in [9.17, 15) is 18.0 Å². The Kier molecular flexibility index (Phi) is 3.10. The Morgan fingerprint density at radius 2 is 2.12 bits per heavy atom. The molecular weight excluding hydrogens is 221 g/mol. The van der Waals surface area contributed by atoms with E-state index in [1.54, 1.807) is 0 Å². The van der Waals surface area contributed by atoms with E-state index in [1.165, 1.54) is 4.90 Å². The Morgan fingerprint density at radius 3 is 2.81 bits per heavy atom. The summed E-state index contributed by atoms with van der Waals surface area (Å²) in [5, 5.41) is 3.31. The van der Waals surface area contributed by atoms with Gasteiger partial charge in [-0.25, -0.2) is 0 Å². The minimum Gasteiger partial charge on any atom is -0.342 e. The normalized spacial score (nSPS) is 30.3. The van der Waals surface area contributed by atoms with Gasteiger partial charge in [0.1, 0.15) is 6.42 Å². The van der Waals surface area contributed by atoms with Crippen LogP contribution in [0.4, 0.5) is 13.2 Å². The average molecular weight is 236 g/mol. The fourth-order valence-electron chi connectivity index (χ4n) is 2.56. The minimum atomic E-state index is -4.39. The number of piperidine rings is 1. The highest BCUT2D eigenvalue weighted by atomic mass is 19.4. The zero-order chi connectivity index (χ0) is 11.8. The number of halogens is 3. The van der Waals surface area contributed by atoms with Gasteiger partial charge in [0.25, 0.3) is 0 Å². The van der Waals surface area contributed by atoms with Crippen molar-refractivity contribution in [2.75, 3.05) is 19.6 Å². The van der Waals surface area contributed by atoms with E-state index >= 15 is 0 Å². The van der Waals surface area contributed by atoms with Gasteiger partial charge >= 0.3 is 6.18 Å². The second-order valence-electron chi connectivity index (χ2n) is 4.53. The molecule has 2 rings (SSSR count). The quantitative estimate of drug-likeness (QED) is 0.740. The summed E-state index contributed by atoms with van der Waals surface area (Å²) in [7, 11) is 0. The number of likely N-dealkylation sites (tertiary alicyclic amines) is 1. The van der Waals surface area contributed by atoms with Crippen LogP contribution in [0.3, 0.4) is 0 Å². The molecule has 2 aliphatic rings. The van der Waals surface area contributed by atoms with Crippen LogP contribution >= 0.6 is 0 Å². The molecule has 0 saturated carbocycles. The lowest BCUT2D eigenvalue weighted by Gasteiger charge is -2.35. The van der Waals surface area contributed by atoms with E-state index in [2.05, 4.69) is 5.32 Å². The first kappa shape index (κ1) is 11.7. The van der Waals surface area contributed by atoms with Crippen LogP contribution in [-0.4, -0.2) is 42.7 Å². The second kappa shape index (κ2) is 4.24. The van der Waals surface area contributed by atoms with E-state index in [0.717, 1.165) is 19.4 Å². The smallest absolute Gasteiger partial charge is 0.342 e. The lowest BCUT2D eigenvalue weighted by molar-refractivity contribution is -0.162. The molecule has 0 aromatic rings. The topological polar surface area (TPSA) is 32.3 Å². The maximum Gasteiger partial charge on any atom is 0.397 e. The average Bonchev–Trinajstić information content (AvgIpc) is 2.61. The van der Waals surface area contributed by atoms with E-state index < -0.39 is 18.5 Å². The molecule has 92 valence electrons. The van der Waals surface area contributed by atoms with Crippen LogP contribution < -0.4 is 5.32 Å². The van der Waals surface area contributed by atoms with Crippen LogP contribution in [0.5, 0.6) is 0 Å². The van der Waals surface area contributed by atoms with Crippen LogP contribution in [-0.2, 0) is 4.79 Å². The summed E-state index contributed by atoms with van der Waals surface area (Å²) in [4.78, 5) is 12.8. The summed E-state index contributed by atoms with van der Waals surface area (Å²) < 4.78 is 36.2. The summed E-state index contributed by atoms with van der Waals surface area (Å²) in [6.07, 6.45) is -3.98. The van der Waals surface area contributed by atoms with Gasteiger partial charge in [-0.3, -0.25) is 4.79 Å². The fourth-order valence-corrected chi connectivity index (χ4v) is 2.56. The van der Waals surface area contributed by atoms with Crippen molar-refractivity contribution in [2.24, 2.45) is 5.92 Å². The number of alkyl halides is 3. The molecule has 16 heavy (non-hydrogen) atoms. The van der Waals surface area contributed by atoms with E-state index in [4.69, 9.17) is 0 Å². The Labute approximate surface area is 92.0 Å². The van der Waals surface area contributed by atoms with Gasteiger partial charge in [-0.05, 0) is 25.3 Å². The molecule has 1 N–H and O–H groups in total. The number of hydrogen-bond acceptors (Lipinski definition) is 2. The molecule has 2 saturated heterocycles. The van der Waals surface area contributed by atoms with Crippen molar-refractivity contribution in [1.82, 2.24) is 10.2 Å². The predicted octanol–water partition coefficient (Wildman–Crippen LogP) is 1.15. The standard InChI is InChI=1S/C10H15F3N2O/c11-10(12,13)5-9(16)15-4-2-8-7(6-15)1-3-14-8/h7-8,14H,1-6H2. The Hall–Kier alpha value is -0.780. The molecule has 0 aromatic carbocycles. The third-order valence-electron chi connectivity index (χ3n) is 3.36. The zero-order valence-electron chi connectivity index (χ0n) is 8.89. The Balaban J connectivity index is 1.89. The summed E-state index contributed by atoms with van der Waals surface area (Å²) >= 11 is 0. The molecule has 1 amide bonds. The van der Waals surface area contributed by atoms with Crippen LogP contribution in [0.1, 0.15) is 19.3 Å². The summed E-state index contributed by atoms with van der Waals surface area (Å²) in [5.41, 5.74) is 0. The van der Waals surface area contributed by atoms with Gasteiger partial charge in [0, 0.05) is 19.1 Å². The number of fused-ring (bicyclic) bond motifs is 1. The van der Waals surface area contributed by atoms with E-state index in [1.807, 2.05) is 0 Å². The molecule has 2 unspecified atom stereocenters. The molecular formula is C10H15F3N2O. The maximum atomic E-state index is 12.1. The second-order valence-corrected chi connectivity index (χ2v) is 4.53. The van der Waals surface area contributed by atoms with Gasteiger partial charge in [0.2, 0.25) is 5.91 Å². The van der Waals surface area contributed by atoms with Crippen molar-refractivity contribution in [2.45, 2.75) is 31.5 Å². The van der Waals surface area contributed by atoms with E-state index in [-0.39, 0.29) is 0 Å². The molecule has 0 aromatic heterocycles. The molecule has 6 heteroatoms. The molecule has 0 bridgehead atoms. The highest BCUT2D eigenvalue weighted by Gasteiger charge is 2.38. The van der Waals surface area contributed by atoms with Gasteiger partial charge in [-0.2, -0.15) is 13.2 Å². The lowest BCUT2D eigenvalue weighted by atomic mass is 9.93. The Morgan fingerprint density at radius 1 is 1.38 bits per heavy atom. The SMILES string of the molecule is O=C(CC(F)(F)F)N1CCC2NCCC2C1. The number of amides is 1. The van der Waals surface area contributed by atoms with Gasteiger partial charge in [-0.1, -0.05) is 0 Å². The summed E-state index contributed by atoms with van der Waals surface area (Å²) in [6.45, 7) is 1.84. The van der Waals surface area contributed by atoms with Gasteiger partial charge in [-0.15, -0.1) is 0 Å². The molecule has 3 nitrogen and oxygen atoms in total. The van der Waals surface area contributed by atoms with Crippen molar-refractivity contribution in [1.29, 1.82) is 0 Å². The van der Waals surface area contributed by atoms with E-state index in [0.29, 0.717) is 25.0 Å². The van der Waals surface area contributed by atoms with Gasteiger partial charge < -0.3 is 10.2 Å². The number of hydrogen-bond donors (Lipinski definition) is 1. The van der Waals surface area contributed by atoms with Crippen molar-refractivity contribution in [3.63, 3.8) is 0 Å². The number of carbonyl (C=O) groups is 1. The first-order valence-electron chi connectivity index (χ1n) is 5.53. The maximum absolute atomic E-state index is 12.1. The van der Waals surface area contributed by atoms with Crippen LogP contribution in [0.25, 0.3) is 0 Å². The molecule has 0 spiro atoms. The molecule has 0 aliphatic carbocycles. The lowest BCUT2D eigenvalue weighted by Crippen LogP contribution is -2.47. The highest BCUT2D eigenvalue weighted by Crippen LogP contribution is 2.27.